The van der Waals surface area contributed by atoms with Crippen molar-refractivity contribution in [2.75, 3.05) is 32.9 Å². The topological polar surface area (TPSA) is 113 Å². The summed E-state index contributed by atoms with van der Waals surface area (Å²) in [6.45, 7) is 8.05. The summed E-state index contributed by atoms with van der Waals surface area (Å²) in [5.41, 5.74) is 0. The average Bonchev–Trinajstić information content (AvgIpc) is 2.76. The van der Waals surface area contributed by atoms with Gasteiger partial charge in [0.15, 0.2) is 0 Å². The standard InChI is InChI=1S/C24H47NO3.H2O4S/c1-3-5-6-7-8-9-10-11-12-13-14-15-16-17-20-28-24(26)23(4-2)25-18-21-27-22-19-25;1-5(2,3)4/h23H,3-22H2,1-2H3;(H2,1,2,3,4). The van der Waals surface area contributed by atoms with Gasteiger partial charge in [0.2, 0.25) is 0 Å². The molecular weight excluding hydrogens is 446 g/mol. The highest BCUT2D eigenvalue weighted by Crippen LogP contribution is 2.13. The summed E-state index contributed by atoms with van der Waals surface area (Å²) >= 11 is 0. The minimum absolute atomic E-state index is 0.0425. The molecule has 1 atom stereocenters. The van der Waals surface area contributed by atoms with E-state index < -0.39 is 10.4 Å². The lowest BCUT2D eigenvalue weighted by Crippen LogP contribution is -2.47. The molecule has 1 rings (SSSR count). The second kappa shape index (κ2) is 21.8. The SMILES string of the molecule is CCCCCCCCCCCCCCCCOC(=O)C(CC)N1CCOCC1.O=S(=O)(O)O. The Bertz CT molecular complexity index is 543. The van der Waals surface area contributed by atoms with Gasteiger partial charge in [-0.05, 0) is 12.8 Å². The molecule has 0 amide bonds. The molecule has 33 heavy (non-hydrogen) atoms. The van der Waals surface area contributed by atoms with Crippen LogP contribution in [0.15, 0.2) is 0 Å². The molecule has 9 heteroatoms. The first kappa shape index (κ1) is 32.3. The van der Waals surface area contributed by atoms with Crippen molar-refractivity contribution in [2.24, 2.45) is 0 Å². The first-order chi connectivity index (χ1) is 15.8. The Hall–Kier alpha value is -0.740. The Morgan fingerprint density at radius 3 is 1.61 bits per heavy atom. The number of rotatable bonds is 18. The van der Waals surface area contributed by atoms with Crippen molar-refractivity contribution in [3.05, 3.63) is 0 Å². The highest BCUT2D eigenvalue weighted by atomic mass is 32.3. The van der Waals surface area contributed by atoms with Gasteiger partial charge in [-0.2, -0.15) is 8.42 Å². The fourth-order valence-corrected chi connectivity index (χ4v) is 4.03. The van der Waals surface area contributed by atoms with Crippen molar-refractivity contribution in [1.82, 2.24) is 4.90 Å². The third kappa shape index (κ3) is 22.8. The summed E-state index contributed by atoms with van der Waals surface area (Å²) in [4.78, 5) is 14.5. The maximum atomic E-state index is 12.3. The van der Waals surface area contributed by atoms with E-state index in [2.05, 4.69) is 18.7 Å². The molecule has 0 aromatic carbocycles. The Morgan fingerprint density at radius 2 is 1.21 bits per heavy atom. The van der Waals surface area contributed by atoms with E-state index in [9.17, 15) is 4.79 Å². The number of carbonyl (C=O) groups is 1. The van der Waals surface area contributed by atoms with E-state index in [0.29, 0.717) is 6.61 Å². The normalized spacial score (nSPS) is 15.5. The van der Waals surface area contributed by atoms with Crippen LogP contribution in [0.5, 0.6) is 0 Å². The van der Waals surface area contributed by atoms with Crippen LogP contribution in [0.4, 0.5) is 0 Å². The van der Waals surface area contributed by atoms with E-state index in [1.54, 1.807) is 0 Å². The quantitative estimate of drug-likeness (QED) is 0.146. The molecule has 0 spiro atoms. The lowest BCUT2D eigenvalue weighted by atomic mass is 10.0. The molecule has 198 valence electrons. The van der Waals surface area contributed by atoms with Crippen LogP contribution in [-0.4, -0.2) is 67.3 Å². The van der Waals surface area contributed by atoms with Crippen LogP contribution < -0.4 is 0 Å². The minimum Gasteiger partial charge on any atom is -0.465 e. The lowest BCUT2D eigenvalue weighted by Gasteiger charge is -2.32. The van der Waals surface area contributed by atoms with Gasteiger partial charge in [-0.15, -0.1) is 0 Å². The molecule has 1 saturated heterocycles. The van der Waals surface area contributed by atoms with Gasteiger partial charge in [-0.3, -0.25) is 18.8 Å². The zero-order valence-electron chi connectivity index (χ0n) is 21.0. The fourth-order valence-electron chi connectivity index (χ4n) is 4.03. The maximum Gasteiger partial charge on any atom is 0.394 e. The van der Waals surface area contributed by atoms with Crippen LogP contribution in [0.25, 0.3) is 0 Å². The third-order valence-corrected chi connectivity index (χ3v) is 5.89. The summed E-state index contributed by atoms with van der Waals surface area (Å²) in [6, 6.07) is -0.0875. The number of unbranched alkanes of at least 4 members (excludes halogenated alkanes) is 13. The van der Waals surface area contributed by atoms with Crippen LogP contribution in [0, 0.1) is 0 Å². The molecule has 2 N–H and O–H groups in total. The highest BCUT2D eigenvalue weighted by Gasteiger charge is 2.26. The second-order valence-corrected chi connectivity index (χ2v) is 9.68. The van der Waals surface area contributed by atoms with E-state index in [4.69, 9.17) is 27.0 Å². The Kier molecular flexibility index (Phi) is 21.3. The molecule has 0 aromatic rings. The largest absolute Gasteiger partial charge is 0.465 e. The molecule has 0 radical (unpaired) electrons. The molecular formula is C24H49NO7S. The van der Waals surface area contributed by atoms with Gasteiger partial charge in [0.05, 0.1) is 19.8 Å². The van der Waals surface area contributed by atoms with Gasteiger partial charge in [0, 0.05) is 13.1 Å². The first-order valence-corrected chi connectivity index (χ1v) is 14.4. The number of hydrogen-bond donors (Lipinski definition) is 2. The van der Waals surface area contributed by atoms with Gasteiger partial charge in [0.25, 0.3) is 0 Å². The van der Waals surface area contributed by atoms with E-state index >= 15 is 0 Å². The number of ether oxygens (including phenoxy) is 2. The molecule has 1 aliphatic rings. The predicted octanol–water partition coefficient (Wildman–Crippen LogP) is 5.47. The van der Waals surface area contributed by atoms with Crippen molar-refractivity contribution in [3.63, 3.8) is 0 Å². The van der Waals surface area contributed by atoms with Crippen LogP contribution >= 0.6 is 0 Å². The van der Waals surface area contributed by atoms with Gasteiger partial charge < -0.3 is 9.47 Å². The zero-order valence-corrected chi connectivity index (χ0v) is 21.8. The Labute approximate surface area is 202 Å². The first-order valence-electron chi connectivity index (χ1n) is 13.0. The second-order valence-electron chi connectivity index (χ2n) is 8.78. The van der Waals surface area contributed by atoms with Crippen molar-refractivity contribution < 1.29 is 31.8 Å². The number of carbonyl (C=O) groups excluding carboxylic acids is 1. The van der Waals surface area contributed by atoms with Gasteiger partial charge in [-0.1, -0.05) is 97.3 Å². The average molecular weight is 496 g/mol. The smallest absolute Gasteiger partial charge is 0.394 e. The summed E-state index contributed by atoms with van der Waals surface area (Å²) in [5.74, 6) is -0.0425. The van der Waals surface area contributed by atoms with E-state index in [0.717, 1.165) is 39.1 Å². The summed E-state index contributed by atoms with van der Waals surface area (Å²) in [5, 5.41) is 0. The zero-order chi connectivity index (χ0) is 24.8. The molecule has 1 unspecified atom stereocenters. The number of hydrogen-bond acceptors (Lipinski definition) is 6. The van der Waals surface area contributed by atoms with Crippen molar-refractivity contribution in [2.45, 2.75) is 116 Å². The van der Waals surface area contributed by atoms with Crippen LogP contribution in [-0.2, 0) is 24.7 Å². The van der Waals surface area contributed by atoms with E-state index in [1.165, 1.54) is 83.5 Å². The van der Waals surface area contributed by atoms with Gasteiger partial charge in [-0.25, -0.2) is 0 Å². The van der Waals surface area contributed by atoms with Gasteiger partial charge >= 0.3 is 16.4 Å². The maximum absolute atomic E-state index is 12.3. The molecule has 0 saturated carbocycles. The molecule has 0 aliphatic carbocycles. The predicted molar refractivity (Wildman–Crippen MR) is 132 cm³/mol. The van der Waals surface area contributed by atoms with Crippen molar-refractivity contribution >= 4 is 16.4 Å². The van der Waals surface area contributed by atoms with Crippen molar-refractivity contribution in [3.8, 4) is 0 Å². The monoisotopic (exact) mass is 495 g/mol. The Balaban J connectivity index is 0.00000184. The van der Waals surface area contributed by atoms with E-state index in [-0.39, 0.29) is 12.0 Å². The summed E-state index contributed by atoms with van der Waals surface area (Å²) < 4.78 is 42.5. The Morgan fingerprint density at radius 1 is 0.818 bits per heavy atom. The number of esters is 1. The third-order valence-electron chi connectivity index (χ3n) is 5.89. The fraction of sp³-hybridized carbons (Fsp3) is 0.958. The van der Waals surface area contributed by atoms with Crippen LogP contribution in [0.2, 0.25) is 0 Å². The van der Waals surface area contributed by atoms with Crippen molar-refractivity contribution in [1.29, 1.82) is 0 Å². The minimum atomic E-state index is -4.67. The number of morpholine rings is 1. The summed E-state index contributed by atoms with van der Waals surface area (Å²) in [6.07, 6.45) is 19.7. The molecule has 1 fully saturated rings. The molecule has 0 bridgehead atoms. The molecule has 0 aromatic heterocycles. The van der Waals surface area contributed by atoms with Gasteiger partial charge in [0.1, 0.15) is 6.04 Å². The highest BCUT2D eigenvalue weighted by molar-refractivity contribution is 7.79. The molecule has 1 heterocycles. The molecule has 1 aliphatic heterocycles. The van der Waals surface area contributed by atoms with Crippen LogP contribution in [0.1, 0.15) is 110 Å². The van der Waals surface area contributed by atoms with E-state index in [1.807, 2.05) is 0 Å². The number of nitrogens with zero attached hydrogens (tertiary/aromatic N) is 1. The molecule has 8 nitrogen and oxygen atoms in total. The van der Waals surface area contributed by atoms with Crippen LogP contribution in [0.3, 0.4) is 0 Å². The summed E-state index contributed by atoms with van der Waals surface area (Å²) in [7, 11) is -4.67. The lowest BCUT2D eigenvalue weighted by molar-refractivity contribution is -0.152.